The Morgan fingerprint density at radius 2 is 1.71 bits per heavy atom. The van der Waals surface area contributed by atoms with E-state index in [1.807, 2.05) is 27.7 Å². The molecule has 6 nitrogen and oxygen atoms in total. The summed E-state index contributed by atoms with van der Waals surface area (Å²) < 4.78 is 5.42. The zero-order valence-electron chi connectivity index (χ0n) is 13.8. The van der Waals surface area contributed by atoms with Crippen molar-refractivity contribution in [3.8, 4) is 0 Å². The lowest BCUT2D eigenvalue weighted by molar-refractivity contribution is -0.123. The molecule has 0 aromatic rings. The summed E-state index contributed by atoms with van der Waals surface area (Å²) in [5, 5.41) is 12.8. The third-order valence-corrected chi connectivity index (χ3v) is 3.37. The van der Waals surface area contributed by atoms with Gasteiger partial charge in [-0.05, 0) is 27.7 Å². The van der Waals surface area contributed by atoms with Crippen molar-refractivity contribution in [1.82, 2.24) is 15.1 Å². The van der Waals surface area contributed by atoms with Crippen molar-refractivity contribution in [2.24, 2.45) is 0 Å². The monoisotopic (exact) mass is 301 g/mol. The maximum atomic E-state index is 11.7. The van der Waals surface area contributed by atoms with Gasteiger partial charge in [-0.2, -0.15) is 0 Å². The van der Waals surface area contributed by atoms with Gasteiger partial charge < -0.3 is 15.2 Å². The van der Waals surface area contributed by atoms with Crippen LogP contribution in [0.4, 0.5) is 0 Å². The molecule has 0 aromatic heterocycles. The molecule has 1 saturated heterocycles. The van der Waals surface area contributed by atoms with Gasteiger partial charge in [-0.25, -0.2) is 0 Å². The molecule has 21 heavy (non-hydrogen) atoms. The predicted octanol–water partition coefficient (Wildman–Crippen LogP) is -0.0855. The highest BCUT2D eigenvalue weighted by molar-refractivity contribution is 5.78. The maximum absolute atomic E-state index is 11.7. The Labute approximate surface area is 128 Å². The molecule has 1 atom stereocenters. The second kappa shape index (κ2) is 9.35. The molecule has 1 amide bonds. The van der Waals surface area contributed by atoms with Gasteiger partial charge >= 0.3 is 0 Å². The van der Waals surface area contributed by atoms with Crippen molar-refractivity contribution >= 4 is 5.91 Å². The van der Waals surface area contributed by atoms with E-state index in [-0.39, 0.29) is 18.1 Å². The molecule has 1 aliphatic rings. The number of piperazine rings is 1. The molecule has 1 fully saturated rings. The number of nitrogens with one attached hydrogen (secondary N) is 1. The average Bonchev–Trinajstić information content (AvgIpc) is 2.37. The Morgan fingerprint density at radius 3 is 2.24 bits per heavy atom. The summed E-state index contributed by atoms with van der Waals surface area (Å²) in [4.78, 5) is 16.1. The summed E-state index contributed by atoms with van der Waals surface area (Å²) in [7, 11) is 0. The van der Waals surface area contributed by atoms with Gasteiger partial charge in [0.2, 0.25) is 5.91 Å². The number of ether oxygens (including phenoxy) is 1. The molecule has 0 radical (unpaired) electrons. The molecule has 0 bridgehead atoms. The van der Waals surface area contributed by atoms with E-state index < -0.39 is 6.10 Å². The summed E-state index contributed by atoms with van der Waals surface area (Å²) in [5.74, 6) is 0.0869. The fraction of sp³-hybridized carbons (Fsp3) is 0.933. The molecule has 1 aliphatic heterocycles. The number of rotatable bonds is 8. The van der Waals surface area contributed by atoms with Crippen molar-refractivity contribution < 1.29 is 14.6 Å². The quantitative estimate of drug-likeness (QED) is 0.656. The highest BCUT2D eigenvalue weighted by atomic mass is 16.5. The second-order valence-electron chi connectivity index (χ2n) is 6.33. The predicted molar refractivity (Wildman–Crippen MR) is 83.3 cm³/mol. The van der Waals surface area contributed by atoms with Gasteiger partial charge in [0.25, 0.3) is 0 Å². The normalized spacial score (nSPS) is 19.2. The number of hydrogen-bond donors (Lipinski definition) is 2. The lowest BCUT2D eigenvalue weighted by atomic mass is 10.2. The molecule has 2 N–H and O–H groups in total. The standard InChI is InChI=1S/C15H31N3O3/c1-12(2)16-15(20)10-18-7-5-17(6-8-18)9-14(19)11-21-13(3)4/h12-14,19H,5-11H2,1-4H3,(H,16,20). The van der Waals surface area contributed by atoms with Gasteiger partial charge in [-0.1, -0.05) is 0 Å². The minimum atomic E-state index is -0.441. The molecule has 0 spiro atoms. The van der Waals surface area contributed by atoms with Crippen molar-refractivity contribution in [2.75, 3.05) is 45.9 Å². The lowest BCUT2D eigenvalue weighted by Gasteiger charge is -2.35. The van der Waals surface area contributed by atoms with Crippen LogP contribution in [0.2, 0.25) is 0 Å². The van der Waals surface area contributed by atoms with Crippen LogP contribution in [0.1, 0.15) is 27.7 Å². The van der Waals surface area contributed by atoms with Crippen molar-refractivity contribution in [2.45, 2.75) is 45.9 Å². The number of β-amino-alcohol motifs (C(OH)–C–C–N with tert-alkyl or cyclic N) is 1. The van der Waals surface area contributed by atoms with Gasteiger partial charge in [0, 0.05) is 38.8 Å². The molecule has 0 aliphatic carbocycles. The van der Waals surface area contributed by atoms with E-state index in [4.69, 9.17) is 4.74 Å². The Balaban J connectivity index is 2.18. The Kier molecular flexibility index (Phi) is 8.18. The topological polar surface area (TPSA) is 65.0 Å². The van der Waals surface area contributed by atoms with E-state index in [9.17, 15) is 9.90 Å². The third kappa shape index (κ3) is 8.36. The molecule has 1 heterocycles. The van der Waals surface area contributed by atoms with Crippen LogP contribution in [0, 0.1) is 0 Å². The zero-order chi connectivity index (χ0) is 15.8. The fourth-order valence-electron chi connectivity index (χ4n) is 2.35. The van der Waals surface area contributed by atoms with Crippen LogP contribution in [0.25, 0.3) is 0 Å². The maximum Gasteiger partial charge on any atom is 0.234 e. The van der Waals surface area contributed by atoms with Crippen LogP contribution in [-0.4, -0.2) is 84.9 Å². The van der Waals surface area contributed by atoms with E-state index in [1.165, 1.54) is 0 Å². The average molecular weight is 301 g/mol. The highest BCUT2D eigenvalue weighted by Gasteiger charge is 2.21. The van der Waals surface area contributed by atoms with Crippen LogP contribution in [0.5, 0.6) is 0 Å². The lowest BCUT2D eigenvalue weighted by Crippen LogP contribution is -2.51. The smallest absolute Gasteiger partial charge is 0.234 e. The van der Waals surface area contributed by atoms with E-state index in [0.717, 1.165) is 26.2 Å². The summed E-state index contributed by atoms with van der Waals surface area (Å²) in [6.07, 6.45) is -0.292. The molecule has 0 saturated carbocycles. The van der Waals surface area contributed by atoms with Gasteiger partial charge in [0.1, 0.15) is 0 Å². The van der Waals surface area contributed by atoms with Gasteiger partial charge in [-0.15, -0.1) is 0 Å². The minimum Gasteiger partial charge on any atom is -0.389 e. The van der Waals surface area contributed by atoms with E-state index in [1.54, 1.807) is 0 Å². The number of carbonyl (C=O) groups is 1. The first kappa shape index (κ1) is 18.4. The SMILES string of the molecule is CC(C)NC(=O)CN1CCN(CC(O)COC(C)C)CC1. The number of carbonyl (C=O) groups excluding carboxylic acids is 1. The van der Waals surface area contributed by atoms with Crippen LogP contribution in [-0.2, 0) is 9.53 Å². The zero-order valence-corrected chi connectivity index (χ0v) is 13.8. The summed E-state index contributed by atoms with van der Waals surface area (Å²) >= 11 is 0. The Bertz CT molecular complexity index is 303. The van der Waals surface area contributed by atoms with Gasteiger partial charge in [-0.3, -0.25) is 14.6 Å². The third-order valence-electron chi connectivity index (χ3n) is 3.37. The highest BCUT2D eigenvalue weighted by Crippen LogP contribution is 2.03. The molecule has 1 unspecified atom stereocenters. The first-order valence-electron chi connectivity index (χ1n) is 7.90. The van der Waals surface area contributed by atoms with Crippen molar-refractivity contribution in [3.63, 3.8) is 0 Å². The fourth-order valence-corrected chi connectivity index (χ4v) is 2.35. The van der Waals surface area contributed by atoms with Crippen LogP contribution >= 0.6 is 0 Å². The minimum absolute atomic E-state index is 0.0869. The molecule has 6 heteroatoms. The summed E-state index contributed by atoms with van der Waals surface area (Å²) in [5.41, 5.74) is 0. The second-order valence-corrected chi connectivity index (χ2v) is 6.33. The number of amides is 1. The Morgan fingerprint density at radius 1 is 1.14 bits per heavy atom. The number of aliphatic hydroxyl groups is 1. The van der Waals surface area contributed by atoms with Crippen LogP contribution < -0.4 is 5.32 Å². The first-order chi connectivity index (χ1) is 9.86. The largest absolute Gasteiger partial charge is 0.389 e. The number of aliphatic hydroxyl groups excluding tert-OH is 1. The molecular weight excluding hydrogens is 270 g/mol. The molecule has 124 valence electrons. The van der Waals surface area contributed by atoms with E-state index in [0.29, 0.717) is 19.7 Å². The van der Waals surface area contributed by atoms with Gasteiger partial charge in [0.15, 0.2) is 0 Å². The first-order valence-corrected chi connectivity index (χ1v) is 7.90. The molecule has 0 aromatic carbocycles. The van der Waals surface area contributed by atoms with E-state index >= 15 is 0 Å². The number of nitrogens with zero attached hydrogens (tertiary/aromatic N) is 2. The van der Waals surface area contributed by atoms with Crippen molar-refractivity contribution in [3.05, 3.63) is 0 Å². The van der Waals surface area contributed by atoms with Gasteiger partial charge in [0.05, 0.1) is 25.4 Å². The summed E-state index contributed by atoms with van der Waals surface area (Å²) in [6, 6.07) is 0.190. The summed E-state index contributed by atoms with van der Waals surface area (Å²) in [6.45, 7) is 12.8. The molecular formula is C15H31N3O3. The van der Waals surface area contributed by atoms with Crippen LogP contribution in [0.3, 0.4) is 0 Å². The van der Waals surface area contributed by atoms with Crippen LogP contribution in [0.15, 0.2) is 0 Å². The van der Waals surface area contributed by atoms with E-state index in [2.05, 4.69) is 15.1 Å². The Hall–Kier alpha value is -0.690. The number of hydrogen-bond acceptors (Lipinski definition) is 5. The molecule has 1 rings (SSSR count). The van der Waals surface area contributed by atoms with Crippen molar-refractivity contribution in [1.29, 1.82) is 0 Å².